The van der Waals surface area contributed by atoms with E-state index in [9.17, 15) is 18.4 Å². The molecule has 0 spiro atoms. The third-order valence-electron chi connectivity index (χ3n) is 3.97. The standard InChI is InChI=1S/C20H18F2N4O2/c1-12(23-19(27)9-13-7-15(21)10-16(22)8-13)20(28)24-18-11-17(25-26-18)14-5-3-2-4-6-14/h2-8,10-12H,9H2,1H3,(H,23,27)(H2,24,25,26,28). The van der Waals surface area contributed by atoms with Crippen molar-refractivity contribution in [2.75, 3.05) is 5.32 Å². The van der Waals surface area contributed by atoms with Gasteiger partial charge in [-0.3, -0.25) is 14.7 Å². The first kappa shape index (κ1) is 19.2. The van der Waals surface area contributed by atoms with Gasteiger partial charge in [0.15, 0.2) is 5.82 Å². The highest BCUT2D eigenvalue weighted by Gasteiger charge is 2.17. The van der Waals surface area contributed by atoms with Gasteiger partial charge in [-0.15, -0.1) is 0 Å². The zero-order chi connectivity index (χ0) is 20.1. The van der Waals surface area contributed by atoms with Gasteiger partial charge in [0.05, 0.1) is 12.1 Å². The Morgan fingerprint density at radius 2 is 1.75 bits per heavy atom. The number of carbonyl (C=O) groups excluding carboxylic acids is 2. The smallest absolute Gasteiger partial charge is 0.247 e. The molecule has 3 aromatic rings. The first-order valence-electron chi connectivity index (χ1n) is 8.57. The van der Waals surface area contributed by atoms with Crippen LogP contribution in [0.2, 0.25) is 0 Å². The summed E-state index contributed by atoms with van der Waals surface area (Å²) in [5, 5.41) is 12.0. The number of aromatic nitrogens is 2. The van der Waals surface area contributed by atoms with Crippen molar-refractivity contribution in [1.29, 1.82) is 0 Å². The Morgan fingerprint density at radius 3 is 2.43 bits per heavy atom. The second-order valence-corrected chi connectivity index (χ2v) is 6.27. The number of anilines is 1. The molecule has 3 N–H and O–H groups in total. The monoisotopic (exact) mass is 384 g/mol. The van der Waals surface area contributed by atoms with Crippen molar-refractivity contribution in [3.05, 3.63) is 71.8 Å². The lowest BCUT2D eigenvalue weighted by molar-refractivity contribution is -0.125. The van der Waals surface area contributed by atoms with Gasteiger partial charge in [-0.05, 0) is 30.2 Å². The van der Waals surface area contributed by atoms with Crippen LogP contribution in [-0.2, 0) is 16.0 Å². The van der Waals surface area contributed by atoms with Crippen LogP contribution in [0.5, 0.6) is 0 Å². The Hall–Kier alpha value is -3.55. The minimum atomic E-state index is -0.859. The van der Waals surface area contributed by atoms with Gasteiger partial charge in [0.2, 0.25) is 11.8 Å². The lowest BCUT2D eigenvalue weighted by Crippen LogP contribution is -2.42. The second kappa shape index (κ2) is 8.43. The highest BCUT2D eigenvalue weighted by molar-refractivity contribution is 5.96. The van der Waals surface area contributed by atoms with Crippen LogP contribution in [0.4, 0.5) is 14.6 Å². The number of aromatic amines is 1. The van der Waals surface area contributed by atoms with Crippen LogP contribution in [0.25, 0.3) is 11.3 Å². The normalized spacial score (nSPS) is 11.7. The minimum Gasteiger partial charge on any atom is -0.344 e. The van der Waals surface area contributed by atoms with Gasteiger partial charge in [0.25, 0.3) is 0 Å². The predicted molar refractivity (Wildman–Crippen MR) is 100 cm³/mol. The van der Waals surface area contributed by atoms with Crippen molar-refractivity contribution in [1.82, 2.24) is 15.5 Å². The molecule has 2 amide bonds. The quantitative estimate of drug-likeness (QED) is 0.611. The minimum absolute atomic E-state index is 0.183. The molecule has 1 atom stereocenters. The molecule has 0 aliphatic carbocycles. The van der Waals surface area contributed by atoms with Gasteiger partial charge in [0.1, 0.15) is 17.7 Å². The largest absolute Gasteiger partial charge is 0.344 e. The molecule has 0 saturated carbocycles. The number of amides is 2. The van der Waals surface area contributed by atoms with Gasteiger partial charge in [-0.25, -0.2) is 8.78 Å². The van der Waals surface area contributed by atoms with Crippen LogP contribution in [0.3, 0.4) is 0 Å². The molecule has 8 heteroatoms. The van der Waals surface area contributed by atoms with Gasteiger partial charge < -0.3 is 10.6 Å². The fourth-order valence-corrected chi connectivity index (χ4v) is 2.64. The van der Waals surface area contributed by atoms with Gasteiger partial charge in [0, 0.05) is 12.1 Å². The Kier molecular flexibility index (Phi) is 5.78. The van der Waals surface area contributed by atoms with E-state index in [1.807, 2.05) is 30.3 Å². The number of hydrogen-bond donors (Lipinski definition) is 3. The van der Waals surface area contributed by atoms with E-state index in [-0.39, 0.29) is 12.0 Å². The zero-order valence-corrected chi connectivity index (χ0v) is 15.0. The fourth-order valence-electron chi connectivity index (χ4n) is 2.64. The predicted octanol–water partition coefficient (Wildman–Crippen LogP) is 3.04. The Morgan fingerprint density at radius 1 is 1.07 bits per heavy atom. The van der Waals surface area contributed by atoms with E-state index in [1.54, 1.807) is 6.07 Å². The molecule has 0 radical (unpaired) electrons. The maximum absolute atomic E-state index is 13.2. The first-order chi connectivity index (χ1) is 13.4. The molecule has 0 fully saturated rings. The molecular formula is C20H18F2N4O2. The number of carbonyl (C=O) groups is 2. The summed E-state index contributed by atoms with van der Waals surface area (Å²) in [7, 11) is 0. The lowest BCUT2D eigenvalue weighted by Gasteiger charge is -2.13. The van der Waals surface area contributed by atoms with Crippen LogP contribution in [0, 0.1) is 11.6 Å². The molecule has 3 rings (SSSR count). The molecule has 0 bridgehead atoms. The van der Waals surface area contributed by atoms with Crippen molar-refractivity contribution in [3.63, 3.8) is 0 Å². The first-order valence-corrected chi connectivity index (χ1v) is 8.57. The van der Waals surface area contributed by atoms with E-state index in [0.717, 1.165) is 29.5 Å². The third kappa shape index (κ3) is 5.00. The number of nitrogens with zero attached hydrogens (tertiary/aromatic N) is 1. The van der Waals surface area contributed by atoms with Crippen molar-refractivity contribution in [3.8, 4) is 11.3 Å². The van der Waals surface area contributed by atoms with Crippen molar-refractivity contribution < 1.29 is 18.4 Å². The van der Waals surface area contributed by atoms with E-state index in [2.05, 4.69) is 20.8 Å². The van der Waals surface area contributed by atoms with E-state index in [1.165, 1.54) is 6.92 Å². The van der Waals surface area contributed by atoms with Crippen LogP contribution in [0.1, 0.15) is 12.5 Å². The number of halogens is 2. The molecule has 144 valence electrons. The SMILES string of the molecule is CC(NC(=O)Cc1cc(F)cc(F)c1)C(=O)Nc1cc(-c2ccccc2)[nH]n1. The zero-order valence-electron chi connectivity index (χ0n) is 15.0. The summed E-state index contributed by atoms with van der Waals surface area (Å²) in [6.07, 6.45) is -0.243. The summed E-state index contributed by atoms with van der Waals surface area (Å²) in [4.78, 5) is 24.3. The van der Waals surface area contributed by atoms with Crippen molar-refractivity contribution in [2.45, 2.75) is 19.4 Å². The average molecular weight is 384 g/mol. The number of benzene rings is 2. The van der Waals surface area contributed by atoms with Crippen LogP contribution >= 0.6 is 0 Å². The maximum Gasteiger partial charge on any atom is 0.247 e. The molecule has 0 saturated heterocycles. The van der Waals surface area contributed by atoms with Crippen LogP contribution < -0.4 is 10.6 Å². The van der Waals surface area contributed by atoms with Gasteiger partial charge >= 0.3 is 0 Å². The number of H-pyrrole nitrogens is 1. The number of nitrogens with one attached hydrogen (secondary N) is 3. The summed E-state index contributed by atoms with van der Waals surface area (Å²) in [6.45, 7) is 1.50. The average Bonchev–Trinajstić information content (AvgIpc) is 3.10. The van der Waals surface area contributed by atoms with E-state index < -0.39 is 29.5 Å². The fraction of sp³-hybridized carbons (Fsp3) is 0.150. The molecule has 0 aliphatic heterocycles. The summed E-state index contributed by atoms with van der Waals surface area (Å²) >= 11 is 0. The highest BCUT2D eigenvalue weighted by atomic mass is 19.1. The summed E-state index contributed by atoms with van der Waals surface area (Å²) < 4.78 is 26.4. The molecule has 1 heterocycles. The lowest BCUT2D eigenvalue weighted by atomic mass is 10.1. The molecule has 1 aromatic heterocycles. The topological polar surface area (TPSA) is 86.9 Å². The van der Waals surface area contributed by atoms with Crippen LogP contribution in [-0.4, -0.2) is 28.1 Å². The highest BCUT2D eigenvalue weighted by Crippen LogP contribution is 2.19. The van der Waals surface area contributed by atoms with Crippen LogP contribution in [0.15, 0.2) is 54.6 Å². The molecule has 1 unspecified atom stereocenters. The Bertz CT molecular complexity index is 969. The summed E-state index contributed by atoms with van der Waals surface area (Å²) in [5.74, 6) is -2.20. The molecule has 2 aromatic carbocycles. The molecule has 0 aliphatic rings. The summed E-state index contributed by atoms with van der Waals surface area (Å²) in [6, 6.07) is 13.2. The van der Waals surface area contributed by atoms with E-state index in [0.29, 0.717) is 5.82 Å². The third-order valence-corrected chi connectivity index (χ3v) is 3.97. The number of rotatable bonds is 6. The van der Waals surface area contributed by atoms with Crippen molar-refractivity contribution in [2.24, 2.45) is 0 Å². The van der Waals surface area contributed by atoms with Crippen molar-refractivity contribution >= 4 is 17.6 Å². The van der Waals surface area contributed by atoms with E-state index >= 15 is 0 Å². The molecule has 6 nitrogen and oxygen atoms in total. The molecular weight excluding hydrogens is 366 g/mol. The number of hydrogen-bond acceptors (Lipinski definition) is 3. The Labute approximate surface area is 160 Å². The van der Waals surface area contributed by atoms with Gasteiger partial charge in [-0.1, -0.05) is 30.3 Å². The Balaban J connectivity index is 1.56. The van der Waals surface area contributed by atoms with E-state index in [4.69, 9.17) is 0 Å². The maximum atomic E-state index is 13.2. The second-order valence-electron chi connectivity index (χ2n) is 6.27. The summed E-state index contributed by atoms with van der Waals surface area (Å²) in [5.41, 5.74) is 1.84. The van der Waals surface area contributed by atoms with Gasteiger partial charge in [-0.2, -0.15) is 5.10 Å². The molecule has 28 heavy (non-hydrogen) atoms.